The second-order valence-electron chi connectivity index (χ2n) is 5.89. The van der Waals surface area contributed by atoms with E-state index in [9.17, 15) is 4.79 Å². The maximum atomic E-state index is 12.5. The van der Waals surface area contributed by atoms with Gasteiger partial charge < -0.3 is 20.8 Å². The molecular formula is C19H22N4O2. The number of carbonyl (C=O) groups excluding carboxylic acids is 1. The fourth-order valence-corrected chi connectivity index (χ4v) is 2.83. The van der Waals surface area contributed by atoms with Crippen molar-refractivity contribution in [3.05, 3.63) is 66.0 Å². The Bertz CT molecular complexity index is 828. The molecule has 0 radical (unpaired) electrons. The number of fused-ring (bicyclic) bond motifs is 1. The van der Waals surface area contributed by atoms with Gasteiger partial charge in [-0.25, -0.2) is 4.98 Å². The third-order valence-corrected chi connectivity index (χ3v) is 4.23. The number of benzene rings is 2. The number of nitrogens with two attached hydrogens (primary N) is 1. The number of imidazole rings is 1. The number of aromatic amines is 1. The van der Waals surface area contributed by atoms with E-state index in [0.29, 0.717) is 6.54 Å². The summed E-state index contributed by atoms with van der Waals surface area (Å²) >= 11 is 0. The largest absolute Gasteiger partial charge is 0.380 e. The molecule has 25 heavy (non-hydrogen) atoms. The van der Waals surface area contributed by atoms with Gasteiger partial charge in [-0.3, -0.25) is 4.79 Å². The van der Waals surface area contributed by atoms with E-state index in [4.69, 9.17) is 10.5 Å². The number of H-pyrrole nitrogens is 1. The lowest BCUT2D eigenvalue weighted by Crippen LogP contribution is -2.34. The third-order valence-electron chi connectivity index (χ3n) is 4.23. The summed E-state index contributed by atoms with van der Waals surface area (Å²) in [6, 6.07) is 15.6. The Morgan fingerprint density at radius 1 is 1.24 bits per heavy atom. The summed E-state index contributed by atoms with van der Waals surface area (Å²) in [5.74, 6) is -0.101. The molecule has 0 aliphatic rings. The van der Waals surface area contributed by atoms with Crippen molar-refractivity contribution in [2.75, 3.05) is 13.7 Å². The lowest BCUT2D eigenvalue weighted by Gasteiger charge is -2.21. The van der Waals surface area contributed by atoms with Gasteiger partial charge in [-0.15, -0.1) is 0 Å². The number of aromatic nitrogens is 2. The number of nitrogens with one attached hydrogen (secondary N) is 2. The van der Waals surface area contributed by atoms with Gasteiger partial charge in [0.2, 0.25) is 5.91 Å². The van der Waals surface area contributed by atoms with Gasteiger partial charge in [-0.2, -0.15) is 0 Å². The molecule has 1 amide bonds. The van der Waals surface area contributed by atoms with Gasteiger partial charge in [0.25, 0.3) is 0 Å². The highest BCUT2D eigenvalue weighted by Gasteiger charge is 2.19. The molecule has 4 N–H and O–H groups in total. The fourth-order valence-electron chi connectivity index (χ4n) is 2.83. The molecule has 0 bridgehead atoms. The topological polar surface area (TPSA) is 93.0 Å². The van der Waals surface area contributed by atoms with Crippen LogP contribution in [0.15, 0.2) is 54.9 Å². The van der Waals surface area contributed by atoms with Crippen molar-refractivity contribution in [3.63, 3.8) is 0 Å². The van der Waals surface area contributed by atoms with Crippen LogP contribution >= 0.6 is 0 Å². The highest BCUT2D eigenvalue weighted by atomic mass is 16.5. The molecule has 0 saturated heterocycles. The molecule has 2 aromatic carbocycles. The van der Waals surface area contributed by atoms with Crippen LogP contribution in [0.25, 0.3) is 11.0 Å². The quantitative estimate of drug-likeness (QED) is 0.615. The summed E-state index contributed by atoms with van der Waals surface area (Å²) < 4.78 is 5.21. The maximum absolute atomic E-state index is 12.5. The van der Waals surface area contributed by atoms with Crippen molar-refractivity contribution < 1.29 is 9.53 Å². The highest BCUT2D eigenvalue weighted by Crippen LogP contribution is 2.24. The highest BCUT2D eigenvalue weighted by molar-refractivity contribution is 5.79. The van der Waals surface area contributed by atoms with E-state index in [1.807, 2.05) is 48.5 Å². The van der Waals surface area contributed by atoms with Crippen molar-refractivity contribution >= 4 is 16.9 Å². The number of rotatable bonds is 7. The van der Waals surface area contributed by atoms with Gasteiger partial charge >= 0.3 is 0 Å². The number of nitrogens with zero attached hydrogens (tertiary/aromatic N) is 1. The van der Waals surface area contributed by atoms with Crippen LogP contribution in [-0.2, 0) is 9.53 Å². The molecular weight excluding hydrogens is 316 g/mol. The van der Waals surface area contributed by atoms with Gasteiger partial charge in [0.15, 0.2) is 0 Å². The van der Waals surface area contributed by atoms with Crippen molar-refractivity contribution in [2.24, 2.45) is 5.73 Å². The molecule has 6 nitrogen and oxygen atoms in total. The first-order valence-corrected chi connectivity index (χ1v) is 8.21. The van der Waals surface area contributed by atoms with Gasteiger partial charge in [-0.05, 0) is 23.3 Å². The molecule has 0 spiro atoms. The summed E-state index contributed by atoms with van der Waals surface area (Å²) in [7, 11) is 1.56. The van der Waals surface area contributed by atoms with Crippen LogP contribution in [0.3, 0.4) is 0 Å². The predicted octanol–water partition coefficient (Wildman–Crippen LogP) is 2.13. The van der Waals surface area contributed by atoms with Gasteiger partial charge in [-0.1, -0.05) is 36.4 Å². The molecule has 3 rings (SSSR count). The average Bonchev–Trinajstić information content (AvgIpc) is 3.12. The number of carbonyl (C=O) groups is 1. The predicted molar refractivity (Wildman–Crippen MR) is 97.0 cm³/mol. The van der Waals surface area contributed by atoms with E-state index < -0.39 is 0 Å². The third kappa shape index (κ3) is 4.04. The molecule has 6 heteroatoms. The van der Waals surface area contributed by atoms with E-state index in [1.54, 1.807) is 13.4 Å². The lowest BCUT2D eigenvalue weighted by atomic mass is 9.98. The molecule has 0 aliphatic heterocycles. The van der Waals surface area contributed by atoms with E-state index >= 15 is 0 Å². The van der Waals surface area contributed by atoms with Crippen molar-refractivity contribution in [3.8, 4) is 0 Å². The normalized spacial score (nSPS) is 13.5. The minimum absolute atomic E-state index is 0.101. The zero-order valence-corrected chi connectivity index (χ0v) is 14.1. The minimum atomic E-state index is -0.286. The zero-order chi connectivity index (χ0) is 17.6. The van der Waals surface area contributed by atoms with E-state index in [2.05, 4.69) is 15.3 Å². The van der Waals surface area contributed by atoms with E-state index in [-0.39, 0.29) is 24.5 Å². The SMILES string of the molecule is COC(CN)CC(=O)NC(c1ccccc1)c1ccc2nc[nH]c2c1. The maximum Gasteiger partial charge on any atom is 0.223 e. The van der Waals surface area contributed by atoms with Crippen molar-refractivity contribution in [1.82, 2.24) is 15.3 Å². The molecule has 2 atom stereocenters. The van der Waals surface area contributed by atoms with Crippen LogP contribution in [0.4, 0.5) is 0 Å². The Kier molecular flexibility index (Phi) is 5.42. The van der Waals surface area contributed by atoms with Crippen molar-refractivity contribution in [2.45, 2.75) is 18.6 Å². The molecule has 1 heterocycles. The Labute approximate surface area is 146 Å². The van der Waals surface area contributed by atoms with Crippen LogP contribution in [0.2, 0.25) is 0 Å². The molecule has 0 aliphatic carbocycles. The minimum Gasteiger partial charge on any atom is -0.380 e. The summed E-state index contributed by atoms with van der Waals surface area (Å²) in [5.41, 5.74) is 9.44. The van der Waals surface area contributed by atoms with Gasteiger partial charge in [0.05, 0.1) is 35.9 Å². The van der Waals surface area contributed by atoms with Crippen LogP contribution in [-0.4, -0.2) is 35.6 Å². The second-order valence-corrected chi connectivity index (χ2v) is 5.89. The standard InChI is InChI=1S/C19H22N4O2/c1-25-15(11-20)10-18(24)23-19(13-5-3-2-4-6-13)14-7-8-16-17(9-14)22-12-21-16/h2-9,12,15,19H,10-11,20H2,1H3,(H,21,22)(H,23,24). The Morgan fingerprint density at radius 2 is 2.04 bits per heavy atom. The number of amides is 1. The lowest BCUT2D eigenvalue weighted by molar-refractivity contribution is -0.123. The zero-order valence-electron chi connectivity index (χ0n) is 14.1. The summed E-state index contributed by atoms with van der Waals surface area (Å²) in [6.45, 7) is 0.306. The molecule has 0 fully saturated rings. The van der Waals surface area contributed by atoms with Crippen LogP contribution in [0, 0.1) is 0 Å². The van der Waals surface area contributed by atoms with Crippen molar-refractivity contribution in [1.29, 1.82) is 0 Å². The van der Waals surface area contributed by atoms with Crippen LogP contribution in [0.1, 0.15) is 23.6 Å². The molecule has 1 aromatic heterocycles. The molecule has 0 saturated carbocycles. The first kappa shape index (κ1) is 17.1. The average molecular weight is 338 g/mol. The Hall–Kier alpha value is -2.70. The molecule has 3 aromatic rings. The smallest absolute Gasteiger partial charge is 0.223 e. The number of hydrogen-bond donors (Lipinski definition) is 3. The van der Waals surface area contributed by atoms with Gasteiger partial charge in [0, 0.05) is 13.7 Å². The number of methoxy groups -OCH3 is 1. The fraction of sp³-hybridized carbons (Fsp3) is 0.263. The summed E-state index contributed by atoms with van der Waals surface area (Å²) in [4.78, 5) is 19.8. The van der Waals surface area contributed by atoms with E-state index in [0.717, 1.165) is 22.2 Å². The summed E-state index contributed by atoms with van der Waals surface area (Å²) in [6.07, 6.45) is 1.60. The number of hydrogen-bond acceptors (Lipinski definition) is 4. The monoisotopic (exact) mass is 338 g/mol. The van der Waals surface area contributed by atoms with Crippen LogP contribution < -0.4 is 11.1 Å². The Balaban J connectivity index is 1.88. The summed E-state index contributed by atoms with van der Waals surface area (Å²) in [5, 5.41) is 3.10. The van der Waals surface area contributed by atoms with E-state index in [1.165, 1.54) is 0 Å². The molecule has 2 unspecified atom stereocenters. The first-order valence-electron chi connectivity index (χ1n) is 8.21. The Morgan fingerprint density at radius 3 is 2.76 bits per heavy atom. The first-order chi connectivity index (χ1) is 12.2. The number of ether oxygens (including phenoxy) is 1. The molecule has 130 valence electrons. The second kappa shape index (κ2) is 7.92. The van der Waals surface area contributed by atoms with Gasteiger partial charge in [0.1, 0.15) is 0 Å². The van der Waals surface area contributed by atoms with Crippen LogP contribution in [0.5, 0.6) is 0 Å².